The van der Waals surface area contributed by atoms with Crippen molar-refractivity contribution in [1.29, 1.82) is 5.26 Å². The van der Waals surface area contributed by atoms with Gasteiger partial charge in [0.05, 0.1) is 34.5 Å². The third-order valence-corrected chi connectivity index (χ3v) is 7.06. The Labute approximate surface area is 189 Å². The van der Waals surface area contributed by atoms with Crippen LogP contribution in [-0.2, 0) is 17.6 Å². The number of nitriles is 1. The number of carbonyl (C=O) groups excluding carboxylic acids is 1. The summed E-state index contributed by atoms with van der Waals surface area (Å²) in [6.07, 6.45) is 2.38. The van der Waals surface area contributed by atoms with Crippen molar-refractivity contribution in [1.82, 2.24) is 15.2 Å². The number of rotatable bonds is 8. The van der Waals surface area contributed by atoms with E-state index in [1.54, 1.807) is 11.3 Å². The first-order chi connectivity index (χ1) is 15.5. The van der Waals surface area contributed by atoms with Gasteiger partial charge in [0.15, 0.2) is 0 Å². The second kappa shape index (κ2) is 8.29. The van der Waals surface area contributed by atoms with Crippen molar-refractivity contribution in [3.63, 3.8) is 0 Å². The van der Waals surface area contributed by atoms with Crippen LogP contribution < -0.4 is 0 Å². The van der Waals surface area contributed by atoms with E-state index in [1.807, 2.05) is 6.07 Å². The minimum Gasteiger partial charge on any atom is -0.424 e. The second-order valence-corrected chi connectivity index (χ2v) is 9.63. The van der Waals surface area contributed by atoms with E-state index in [0.717, 1.165) is 28.1 Å². The maximum atomic E-state index is 12.2. The van der Waals surface area contributed by atoms with Crippen molar-refractivity contribution in [2.24, 2.45) is 5.41 Å². The minimum absolute atomic E-state index is 0.0284. The zero-order valence-electron chi connectivity index (χ0n) is 17.7. The molecule has 6 nitrogen and oxygen atoms in total. The predicted octanol–water partition coefficient (Wildman–Crippen LogP) is 5.23. The van der Waals surface area contributed by atoms with E-state index < -0.39 is 5.41 Å². The predicted molar refractivity (Wildman–Crippen MR) is 121 cm³/mol. The normalized spacial score (nSPS) is 15.4. The minimum atomic E-state index is -0.447. The first-order valence-electron chi connectivity index (χ1n) is 10.7. The highest BCUT2D eigenvalue weighted by molar-refractivity contribution is 7.18. The summed E-state index contributed by atoms with van der Waals surface area (Å²) in [5.74, 6) is 1.03. The van der Waals surface area contributed by atoms with Gasteiger partial charge in [0, 0.05) is 12.3 Å². The summed E-state index contributed by atoms with van der Waals surface area (Å²) in [4.78, 5) is 16.9. The monoisotopic (exact) mass is 442 g/mol. The van der Waals surface area contributed by atoms with Gasteiger partial charge in [-0.25, -0.2) is 4.98 Å². The standard InChI is InChI=1S/C25H22N4O2S/c1-16(17-5-3-2-4-6-17)18-7-8-20-21(11-18)32-24(27-20)13-23-29-28-22(31-23)12-19(30)14-25(15-26)9-10-25/h2-8,11,16H,9-10,12-14H2,1H3. The van der Waals surface area contributed by atoms with Gasteiger partial charge in [0.1, 0.15) is 10.8 Å². The van der Waals surface area contributed by atoms with Gasteiger partial charge in [-0.15, -0.1) is 21.5 Å². The zero-order valence-corrected chi connectivity index (χ0v) is 18.6. The molecule has 1 aliphatic rings. The lowest BCUT2D eigenvalue weighted by atomic mass is 9.93. The van der Waals surface area contributed by atoms with Gasteiger partial charge in [-0.3, -0.25) is 4.79 Å². The number of aromatic nitrogens is 3. The van der Waals surface area contributed by atoms with Crippen LogP contribution in [0.4, 0.5) is 0 Å². The highest BCUT2D eigenvalue weighted by Crippen LogP contribution is 2.48. The average Bonchev–Trinajstić information content (AvgIpc) is 3.24. The van der Waals surface area contributed by atoms with E-state index in [1.165, 1.54) is 11.1 Å². The molecule has 1 unspecified atom stereocenters. The lowest BCUT2D eigenvalue weighted by molar-refractivity contribution is -0.119. The molecular formula is C25H22N4O2S. The summed E-state index contributed by atoms with van der Waals surface area (Å²) in [6, 6.07) is 19.1. The van der Waals surface area contributed by atoms with Crippen LogP contribution in [0.5, 0.6) is 0 Å². The number of hydrogen-bond donors (Lipinski definition) is 0. The van der Waals surface area contributed by atoms with Gasteiger partial charge >= 0.3 is 0 Å². The third kappa shape index (κ3) is 4.32. The molecule has 7 heteroatoms. The quantitative estimate of drug-likeness (QED) is 0.371. The fourth-order valence-electron chi connectivity index (χ4n) is 3.92. The van der Waals surface area contributed by atoms with Crippen molar-refractivity contribution >= 4 is 27.3 Å². The summed E-state index contributed by atoms with van der Waals surface area (Å²) in [6.45, 7) is 2.21. The Kier molecular flexibility index (Phi) is 5.32. The number of thiazole rings is 1. The molecule has 5 rings (SSSR count). The van der Waals surface area contributed by atoms with Gasteiger partial charge in [-0.05, 0) is 36.1 Å². The Morgan fingerprint density at radius 3 is 2.69 bits per heavy atom. The molecule has 2 aromatic heterocycles. The molecule has 0 amide bonds. The topological polar surface area (TPSA) is 92.7 Å². The number of hydrogen-bond acceptors (Lipinski definition) is 7. The van der Waals surface area contributed by atoms with Gasteiger partial charge in [-0.1, -0.05) is 43.3 Å². The maximum Gasteiger partial charge on any atom is 0.223 e. The molecule has 2 heterocycles. The maximum absolute atomic E-state index is 12.2. The summed E-state index contributed by atoms with van der Waals surface area (Å²) in [5, 5.41) is 18.1. The van der Waals surface area contributed by atoms with E-state index in [-0.39, 0.29) is 18.6 Å². The Bertz CT molecular complexity index is 1310. The van der Waals surface area contributed by atoms with Crippen LogP contribution in [0.2, 0.25) is 0 Å². The van der Waals surface area contributed by atoms with Crippen molar-refractivity contribution < 1.29 is 9.21 Å². The van der Waals surface area contributed by atoms with Gasteiger partial charge < -0.3 is 4.42 Å². The summed E-state index contributed by atoms with van der Waals surface area (Å²) >= 11 is 1.62. The number of ketones is 1. The summed E-state index contributed by atoms with van der Waals surface area (Å²) in [5.41, 5.74) is 3.04. The molecule has 0 spiro atoms. The third-order valence-electron chi connectivity index (χ3n) is 6.04. The number of benzene rings is 2. The molecule has 160 valence electrons. The number of carbonyl (C=O) groups is 1. The molecule has 1 atom stereocenters. The Hall–Kier alpha value is -3.37. The smallest absolute Gasteiger partial charge is 0.223 e. The highest BCUT2D eigenvalue weighted by atomic mass is 32.1. The van der Waals surface area contributed by atoms with E-state index in [4.69, 9.17) is 14.7 Å². The van der Waals surface area contributed by atoms with Crippen molar-refractivity contribution in [3.05, 3.63) is 76.4 Å². The van der Waals surface area contributed by atoms with Crippen LogP contribution >= 0.6 is 11.3 Å². The lowest BCUT2D eigenvalue weighted by Crippen LogP contribution is -2.10. The van der Waals surface area contributed by atoms with Gasteiger partial charge in [-0.2, -0.15) is 5.26 Å². The van der Waals surface area contributed by atoms with Crippen LogP contribution in [-0.4, -0.2) is 21.0 Å². The van der Waals surface area contributed by atoms with E-state index in [9.17, 15) is 4.79 Å². The molecule has 0 aliphatic heterocycles. The molecule has 0 bridgehead atoms. The fourth-order valence-corrected chi connectivity index (χ4v) is 4.92. The molecule has 1 aliphatic carbocycles. The molecular weight excluding hydrogens is 420 g/mol. The molecule has 0 saturated heterocycles. The van der Waals surface area contributed by atoms with Crippen LogP contribution in [0.3, 0.4) is 0 Å². The van der Waals surface area contributed by atoms with Gasteiger partial charge in [0.2, 0.25) is 11.8 Å². The number of fused-ring (bicyclic) bond motifs is 1. The average molecular weight is 443 g/mol. The lowest BCUT2D eigenvalue weighted by Gasteiger charge is -2.12. The van der Waals surface area contributed by atoms with Crippen LogP contribution in [0.1, 0.15) is 60.0 Å². The summed E-state index contributed by atoms with van der Waals surface area (Å²) < 4.78 is 6.81. The fraction of sp³-hybridized carbons (Fsp3) is 0.320. The molecule has 0 radical (unpaired) electrons. The van der Waals surface area contributed by atoms with Crippen molar-refractivity contribution in [2.75, 3.05) is 0 Å². The molecule has 2 aromatic carbocycles. The molecule has 0 N–H and O–H groups in total. The number of nitrogens with zero attached hydrogens (tertiary/aromatic N) is 4. The largest absolute Gasteiger partial charge is 0.424 e. The van der Waals surface area contributed by atoms with Crippen LogP contribution in [0.15, 0.2) is 52.9 Å². The van der Waals surface area contributed by atoms with Gasteiger partial charge in [0.25, 0.3) is 0 Å². The SMILES string of the molecule is CC(c1ccccc1)c1ccc2nc(Cc3nnc(CC(=O)CC4(C#N)CC4)o3)sc2c1. The zero-order chi connectivity index (χ0) is 22.1. The number of Topliss-reactive ketones (excluding diaryl/α,β-unsaturated/α-hetero) is 1. The van der Waals surface area contributed by atoms with Crippen LogP contribution in [0.25, 0.3) is 10.2 Å². The first-order valence-corrected chi connectivity index (χ1v) is 11.5. The van der Waals surface area contributed by atoms with E-state index >= 15 is 0 Å². The Morgan fingerprint density at radius 1 is 1.16 bits per heavy atom. The van der Waals surface area contributed by atoms with Crippen molar-refractivity contribution in [3.8, 4) is 6.07 Å². The summed E-state index contributed by atoms with van der Waals surface area (Å²) in [7, 11) is 0. The molecule has 1 fully saturated rings. The molecule has 1 saturated carbocycles. The molecule has 4 aromatic rings. The molecule has 32 heavy (non-hydrogen) atoms. The van der Waals surface area contributed by atoms with Crippen molar-refractivity contribution in [2.45, 2.75) is 44.9 Å². The van der Waals surface area contributed by atoms with E-state index in [0.29, 0.717) is 24.1 Å². The highest BCUT2D eigenvalue weighted by Gasteiger charge is 2.44. The van der Waals surface area contributed by atoms with Crippen LogP contribution in [0, 0.1) is 16.7 Å². The second-order valence-electron chi connectivity index (χ2n) is 8.52. The van der Waals surface area contributed by atoms with E-state index in [2.05, 4.69) is 65.7 Å². The first kappa shape index (κ1) is 20.5. The Balaban J connectivity index is 1.27. The Morgan fingerprint density at radius 2 is 1.94 bits per heavy atom.